The maximum Gasteiger partial charge on any atom is 0.246 e. The minimum atomic E-state index is -1.11. The Morgan fingerprint density at radius 3 is 2.04 bits per heavy atom. The number of amides is 4. The van der Waals surface area contributed by atoms with Gasteiger partial charge in [-0.2, -0.15) is 5.10 Å². The van der Waals surface area contributed by atoms with E-state index in [1.54, 1.807) is 36.4 Å². The van der Waals surface area contributed by atoms with Crippen LogP contribution in [0, 0.1) is 0 Å². The summed E-state index contributed by atoms with van der Waals surface area (Å²) in [6, 6.07) is 19.5. The van der Waals surface area contributed by atoms with Crippen LogP contribution in [0.1, 0.15) is 44.2 Å². The highest BCUT2D eigenvalue weighted by Gasteiger charge is 2.29. The number of hydrogen-bond acceptors (Lipinski definition) is 11. The minimum Gasteiger partial charge on any atom is -0.508 e. The fourth-order valence-corrected chi connectivity index (χ4v) is 6.16. The van der Waals surface area contributed by atoms with Crippen LogP contribution in [-0.2, 0) is 43.4 Å². The van der Waals surface area contributed by atoms with E-state index >= 15 is 0 Å². The zero-order valence-corrected chi connectivity index (χ0v) is 31.2. The predicted molar refractivity (Wildman–Crippen MR) is 211 cm³/mol. The second-order valence-corrected chi connectivity index (χ2v) is 13.4. The normalized spacial score (nSPS) is 12.6. The number of Topliss-reactive ketones (excluding diaryl/α,β-unsaturated/α-hetero) is 1. The lowest BCUT2D eigenvalue weighted by Gasteiger charge is -2.25. The molecule has 292 valence electrons. The van der Waals surface area contributed by atoms with Crippen LogP contribution < -0.4 is 32.7 Å². The summed E-state index contributed by atoms with van der Waals surface area (Å²) in [4.78, 5) is 73.5. The Morgan fingerprint density at radius 2 is 1.39 bits per heavy atom. The number of nitrogens with two attached hydrogens (primary N) is 2. The monoisotopic (exact) mass is 762 g/mol. The molecule has 0 aliphatic carbocycles. The van der Waals surface area contributed by atoms with Crippen molar-refractivity contribution in [1.29, 1.82) is 0 Å². The molecule has 0 spiro atoms. The average molecular weight is 763 g/mol. The molecule has 0 saturated heterocycles. The van der Waals surface area contributed by atoms with Gasteiger partial charge in [-0.1, -0.05) is 54.6 Å². The number of ketones is 1. The van der Waals surface area contributed by atoms with Gasteiger partial charge in [-0.3, -0.25) is 24.0 Å². The second-order valence-electron chi connectivity index (χ2n) is 13.4. The molecule has 2 heterocycles. The molecule has 0 saturated carbocycles. The van der Waals surface area contributed by atoms with Gasteiger partial charge >= 0.3 is 0 Å². The molecule has 3 unspecified atom stereocenters. The van der Waals surface area contributed by atoms with Crippen molar-refractivity contribution in [2.45, 2.75) is 70.6 Å². The topological polar surface area (TPSA) is 249 Å². The van der Waals surface area contributed by atoms with Crippen molar-refractivity contribution in [2.75, 3.05) is 17.6 Å². The molecule has 0 bridgehead atoms. The number of nitrogens with zero attached hydrogens (tertiary/aromatic N) is 4. The third-order valence-electron chi connectivity index (χ3n) is 9.03. The first-order valence-corrected chi connectivity index (χ1v) is 18.2. The summed E-state index contributed by atoms with van der Waals surface area (Å²) in [7, 11) is 0. The molecule has 0 aliphatic heterocycles. The van der Waals surface area contributed by atoms with Gasteiger partial charge in [0.05, 0.1) is 11.4 Å². The Morgan fingerprint density at radius 1 is 0.768 bits per heavy atom. The standard InChI is InChI=1S/C40H46N10O6/c1-24(51)32(47-40(56)33(21-27-13-17-30(53)18-14-27)48-39(55)31(45-25(2)52)10-6-7-19-41)20-26-11-15-29(16-12-26)46-34(54)22-50-38-35(37(42)43-23-44-38)36(49-50)28-8-4-3-5-9-28/h3-5,8-9,11-18,23,31-33,53H,6-7,10,19-22,41H2,1-2H3,(H,45,52)(H,46,54)(H,47,56)(H,48,55)(H2,42,43,44). The van der Waals surface area contributed by atoms with E-state index in [1.165, 1.54) is 37.0 Å². The minimum absolute atomic E-state index is 0.0382. The van der Waals surface area contributed by atoms with Gasteiger partial charge in [0.1, 0.15) is 42.2 Å². The zero-order chi connectivity index (χ0) is 40.2. The molecule has 2 aromatic heterocycles. The summed E-state index contributed by atoms with van der Waals surface area (Å²) in [5, 5.41) is 26.0. The Bertz CT molecular complexity index is 2160. The number of carbonyl (C=O) groups is 5. The number of aromatic nitrogens is 4. The number of phenols is 1. The summed E-state index contributed by atoms with van der Waals surface area (Å²) in [6.07, 6.45) is 3.06. The number of nitrogens with one attached hydrogen (secondary N) is 4. The fraction of sp³-hybridized carbons (Fsp3) is 0.300. The number of carbonyl (C=O) groups excluding carboxylic acids is 5. The van der Waals surface area contributed by atoms with Gasteiger partial charge in [0.2, 0.25) is 23.6 Å². The highest BCUT2D eigenvalue weighted by Crippen LogP contribution is 2.30. The summed E-state index contributed by atoms with van der Waals surface area (Å²) in [6.45, 7) is 2.94. The lowest BCUT2D eigenvalue weighted by atomic mass is 10.00. The van der Waals surface area contributed by atoms with Gasteiger partial charge in [0.15, 0.2) is 11.4 Å². The van der Waals surface area contributed by atoms with Crippen molar-refractivity contribution in [2.24, 2.45) is 5.73 Å². The van der Waals surface area contributed by atoms with Gasteiger partial charge in [-0.25, -0.2) is 14.6 Å². The first-order chi connectivity index (χ1) is 26.9. The van der Waals surface area contributed by atoms with Crippen LogP contribution in [0.3, 0.4) is 0 Å². The van der Waals surface area contributed by atoms with Gasteiger partial charge in [0, 0.05) is 24.6 Å². The average Bonchev–Trinajstić information content (AvgIpc) is 3.54. The predicted octanol–water partition coefficient (Wildman–Crippen LogP) is 2.40. The molecule has 3 atom stereocenters. The molecule has 0 aliphatic rings. The van der Waals surface area contributed by atoms with Crippen LogP contribution in [0.15, 0.2) is 85.2 Å². The van der Waals surface area contributed by atoms with Crippen LogP contribution in [0.2, 0.25) is 0 Å². The SMILES string of the molecule is CC(=O)NC(CCCCN)C(=O)NC(Cc1ccc(O)cc1)C(=O)NC(Cc1ccc(NC(=O)Cn2nc(-c3ccccc3)c3c(N)ncnc32)cc1)C(C)=O. The highest BCUT2D eigenvalue weighted by molar-refractivity contribution is 5.99. The number of aromatic hydroxyl groups is 1. The maximum atomic E-state index is 13.8. The van der Waals surface area contributed by atoms with Crippen LogP contribution in [0.4, 0.5) is 11.5 Å². The summed E-state index contributed by atoms with van der Waals surface area (Å²) in [5.74, 6) is -1.95. The molecule has 16 heteroatoms. The summed E-state index contributed by atoms with van der Waals surface area (Å²) >= 11 is 0. The Hall–Kier alpha value is -6.68. The lowest BCUT2D eigenvalue weighted by molar-refractivity contribution is -0.133. The molecular weight excluding hydrogens is 717 g/mol. The maximum absolute atomic E-state index is 13.8. The number of phenolic OH excluding ortho intramolecular Hbond substituents is 1. The second kappa shape index (κ2) is 19.1. The molecule has 5 aromatic rings. The molecule has 0 fully saturated rings. The Labute approximate surface area is 323 Å². The van der Waals surface area contributed by atoms with E-state index < -0.39 is 35.8 Å². The van der Waals surface area contributed by atoms with Crippen molar-refractivity contribution < 1.29 is 29.1 Å². The molecule has 9 N–H and O–H groups in total. The van der Waals surface area contributed by atoms with E-state index in [0.29, 0.717) is 59.3 Å². The van der Waals surface area contributed by atoms with Gasteiger partial charge in [0.25, 0.3) is 0 Å². The molecular formula is C40H46N10O6. The van der Waals surface area contributed by atoms with Crippen molar-refractivity contribution in [3.63, 3.8) is 0 Å². The molecule has 3 aromatic carbocycles. The summed E-state index contributed by atoms with van der Waals surface area (Å²) < 4.78 is 1.47. The van der Waals surface area contributed by atoms with Gasteiger partial charge in [-0.15, -0.1) is 0 Å². The number of hydrogen-bond donors (Lipinski definition) is 7. The number of anilines is 2. The quantitative estimate of drug-likeness (QED) is 0.0639. The number of rotatable bonds is 18. The number of fused-ring (bicyclic) bond motifs is 1. The number of nitrogen functional groups attached to an aromatic ring is 1. The van der Waals surface area contributed by atoms with Crippen molar-refractivity contribution >= 4 is 52.0 Å². The van der Waals surface area contributed by atoms with E-state index in [9.17, 15) is 29.1 Å². The van der Waals surface area contributed by atoms with E-state index in [0.717, 1.165) is 5.56 Å². The molecule has 0 radical (unpaired) electrons. The van der Waals surface area contributed by atoms with Gasteiger partial charge < -0.3 is 37.8 Å². The van der Waals surface area contributed by atoms with Crippen LogP contribution in [-0.4, -0.2) is 78.9 Å². The van der Waals surface area contributed by atoms with Crippen LogP contribution in [0.5, 0.6) is 5.75 Å². The molecule has 5 rings (SSSR count). The molecule has 4 amide bonds. The Balaban J connectivity index is 1.25. The van der Waals surface area contributed by atoms with Crippen LogP contribution >= 0.6 is 0 Å². The van der Waals surface area contributed by atoms with E-state index in [-0.39, 0.29) is 42.6 Å². The van der Waals surface area contributed by atoms with E-state index in [4.69, 9.17) is 11.5 Å². The van der Waals surface area contributed by atoms with E-state index in [1.807, 2.05) is 30.3 Å². The fourth-order valence-electron chi connectivity index (χ4n) is 6.16. The zero-order valence-electron chi connectivity index (χ0n) is 31.2. The number of benzene rings is 3. The third kappa shape index (κ3) is 10.9. The van der Waals surface area contributed by atoms with Gasteiger partial charge in [-0.05, 0) is 74.5 Å². The number of unbranched alkanes of at least 4 members (excludes halogenated alkanes) is 1. The smallest absolute Gasteiger partial charge is 0.246 e. The highest BCUT2D eigenvalue weighted by atomic mass is 16.3. The molecule has 16 nitrogen and oxygen atoms in total. The van der Waals surface area contributed by atoms with Crippen molar-refractivity contribution in [1.82, 2.24) is 35.7 Å². The van der Waals surface area contributed by atoms with Crippen LogP contribution in [0.25, 0.3) is 22.3 Å². The third-order valence-corrected chi connectivity index (χ3v) is 9.03. The Kier molecular flexibility index (Phi) is 13.8. The first-order valence-electron chi connectivity index (χ1n) is 18.2. The first kappa shape index (κ1) is 40.5. The van der Waals surface area contributed by atoms with Crippen molar-refractivity contribution in [3.05, 3.63) is 96.3 Å². The lowest BCUT2D eigenvalue weighted by Crippen LogP contribution is -2.56. The molecule has 56 heavy (non-hydrogen) atoms. The van der Waals surface area contributed by atoms with Crippen molar-refractivity contribution in [3.8, 4) is 17.0 Å². The van der Waals surface area contributed by atoms with E-state index in [2.05, 4.69) is 36.3 Å². The summed E-state index contributed by atoms with van der Waals surface area (Å²) in [5.41, 5.74) is 15.4. The largest absolute Gasteiger partial charge is 0.508 e.